The third kappa shape index (κ3) is 2.39. The zero-order valence-corrected chi connectivity index (χ0v) is 13.4. The quantitative estimate of drug-likeness (QED) is 0.826. The summed E-state index contributed by atoms with van der Waals surface area (Å²) in [6, 6.07) is 0. The van der Waals surface area contributed by atoms with Gasteiger partial charge in [-0.2, -0.15) is 5.10 Å². The second kappa shape index (κ2) is 5.72. The van der Waals surface area contributed by atoms with Crippen molar-refractivity contribution in [2.45, 2.75) is 52.3 Å². The molecule has 0 spiro atoms. The van der Waals surface area contributed by atoms with Gasteiger partial charge in [0.1, 0.15) is 5.54 Å². The van der Waals surface area contributed by atoms with Crippen molar-refractivity contribution in [3.05, 3.63) is 18.0 Å². The Balaban J connectivity index is 2.20. The summed E-state index contributed by atoms with van der Waals surface area (Å²) in [7, 11) is 0. The average Bonchev–Trinajstić information content (AvgIpc) is 2.94. The van der Waals surface area contributed by atoms with Crippen molar-refractivity contribution in [2.75, 3.05) is 6.61 Å². The Kier molecular flexibility index (Phi) is 4.28. The summed E-state index contributed by atoms with van der Waals surface area (Å²) in [5.74, 6) is -1.46. The van der Waals surface area contributed by atoms with Crippen LogP contribution in [0.15, 0.2) is 12.4 Å². The van der Waals surface area contributed by atoms with Crippen molar-refractivity contribution in [3.63, 3.8) is 0 Å². The van der Waals surface area contributed by atoms with E-state index in [0.717, 1.165) is 0 Å². The van der Waals surface area contributed by atoms with Crippen LogP contribution in [-0.2, 0) is 16.1 Å². The molecule has 2 N–H and O–H groups in total. The molecule has 0 aliphatic heterocycles. The lowest BCUT2D eigenvalue weighted by molar-refractivity contribution is -0.190. The number of amides is 1. The average molecular weight is 309 g/mol. The second-order valence-electron chi connectivity index (χ2n) is 6.12. The lowest BCUT2D eigenvalue weighted by Gasteiger charge is -2.58. The number of aromatic nitrogens is 2. The number of nitrogens with one attached hydrogen (secondary N) is 1. The molecule has 1 amide bonds. The Bertz CT molecular complexity index is 581. The Morgan fingerprint density at radius 3 is 2.64 bits per heavy atom. The van der Waals surface area contributed by atoms with Crippen molar-refractivity contribution >= 4 is 11.9 Å². The number of carbonyl (C=O) groups is 2. The molecular weight excluding hydrogens is 286 g/mol. The normalized spacial score (nSPS) is 26.3. The monoisotopic (exact) mass is 309 g/mol. The maximum atomic E-state index is 12.4. The van der Waals surface area contributed by atoms with E-state index in [9.17, 15) is 14.7 Å². The molecule has 122 valence electrons. The van der Waals surface area contributed by atoms with Gasteiger partial charge in [-0.3, -0.25) is 9.48 Å². The van der Waals surface area contributed by atoms with Gasteiger partial charge in [0.2, 0.25) is 0 Å². The molecule has 0 radical (unpaired) electrons. The van der Waals surface area contributed by atoms with E-state index in [-0.39, 0.29) is 12.5 Å². The van der Waals surface area contributed by atoms with E-state index in [0.29, 0.717) is 18.7 Å². The molecule has 1 saturated carbocycles. The predicted octanol–water partition coefficient (Wildman–Crippen LogP) is 1.29. The van der Waals surface area contributed by atoms with Gasteiger partial charge in [0.25, 0.3) is 5.91 Å². The van der Waals surface area contributed by atoms with Crippen molar-refractivity contribution < 1.29 is 19.4 Å². The van der Waals surface area contributed by atoms with Crippen LogP contribution >= 0.6 is 0 Å². The van der Waals surface area contributed by atoms with Crippen LogP contribution in [0.5, 0.6) is 0 Å². The topological polar surface area (TPSA) is 93.5 Å². The van der Waals surface area contributed by atoms with Crippen LogP contribution < -0.4 is 5.32 Å². The standard InChI is InChI=1S/C15H23N3O4/c1-5-18-9-10(8-16-18)12(19)17-15(13(20)21)7-11(22-6-2)14(15,3)4/h8-9,11H,5-7H2,1-4H3,(H,17,19)(H,20,21)/t11-,15-/m1/s1. The maximum absolute atomic E-state index is 12.4. The summed E-state index contributed by atoms with van der Waals surface area (Å²) in [5.41, 5.74) is -1.65. The highest BCUT2D eigenvalue weighted by molar-refractivity contribution is 5.98. The number of carboxylic acids is 1. The molecule has 2 atom stereocenters. The minimum atomic E-state index is -1.32. The van der Waals surface area contributed by atoms with Crippen molar-refractivity contribution in [1.29, 1.82) is 0 Å². The fourth-order valence-corrected chi connectivity index (χ4v) is 2.96. The molecule has 2 rings (SSSR count). The first-order chi connectivity index (χ1) is 10.3. The van der Waals surface area contributed by atoms with Gasteiger partial charge in [0.15, 0.2) is 0 Å². The molecule has 1 aromatic heterocycles. The number of hydrogen-bond donors (Lipinski definition) is 2. The van der Waals surface area contributed by atoms with E-state index in [1.165, 1.54) is 6.20 Å². The van der Waals surface area contributed by atoms with E-state index in [1.807, 2.05) is 13.8 Å². The largest absolute Gasteiger partial charge is 0.479 e. The highest BCUT2D eigenvalue weighted by Gasteiger charge is 2.66. The third-order valence-corrected chi connectivity index (χ3v) is 4.68. The number of carboxylic acid groups (broad SMARTS) is 1. The fourth-order valence-electron chi connectivity index (χ4n) is 2.96. The number of nitrogens with zero attached hydrogens (tertiary/aromatic N) is 2. The molecule has 1 aromatic rings. The summed E-state index contributed by atoms with van der Waals surface area (Å²) in [6.07, 6.45) is 3.13. The molecule has 1 heterocycles. The highest BCUT2D eigenvalue weighted by atomic mass is 16.5. The number of carbonyl (C=O) groups excluding carboxylic acids is 1. The molecule has 1 aliphatic rings. The summed E-state index contributed by atoms with van der Waals surface area (Å²) in [5, 5.41) is 16.4. The predicted molar refractivity (Wildman–Crippen MR) is 79.5 cm³/mol. The van der Waals surface area contributed by atoms with Crippen molar-refractivity contribution in [1.82, 2.24) is 15.1 Å². The molecule has 0 unspecified atom stereocenters. The summed E-state index contributed by atoms with van der Waals surface area (Å²) < 4.78 is 7.20. The zero-order valence-electron chi connectivity index (χ0n) is 13.4. The van der Waals surface area contributed by atoms with Gasteiger partial charge in [-0.1, -0.05) is 13.8 Å². The first-order valence-corrected chi connectivity index (χ1v) is 7.48. The number of rotatable bonds is 6. The van der Waals surface area contributed by atoms with E-state index < -0.39 is 22.8 Å². The van der Waals surface area contributed by atoms with Gasteiger partial charge >= 0.3 is 5.97 Å². The van der Waals surface area contributed by atoms with Gasteiger partial charge in [-0.15, -0.1) is 0 Å². The molecule has 22 heavy (non-hydrogen) atoms. The van der Waals surface area contributed by atoms with Crippen LogP contribution in [0.4, 0.5) is 0 Å². The van der Waals surface area contributed by atoms with Crippen LogP contribution in [0, 0.1) is 5.41 Å². The molecule has 0 bridgehead atoms. The summed E-state index contributed by atoms with van der Waals surface area (Å²) in [4.78, 5) is 24.2. The van der Waals surface area contributed by atoms with E-state index in [4.69, 9.17) is 4.74 Å². The van der Waals surface area contributed by atoms with Crippen LogP contribution in [0.2, 0.25) is 0 Å². The third-order valence-electron chi connectivity index (χ3n) is 4.68. The second-order valence-corrected chi connectivity index (χ2v) is 6.12. The lowest BCUT2D eigenvalue weighted by atomic mass is 9.54. The smallest absolute Gasteiger partial charge is 0.330 e. The molecular formula is C15H23N3O4. The maximum Gasteiger partial charge on any atom is 0.330 e. The minimum Gasteiger partial charge on any atom is -0.479 e. The summed E-state index contributed by atoms with van der Waals surface area (Å²) >= 11 is 0. The highest BCUT2D eigenvalue weighted by Crippen LogP contribution is 2.51. The van der Waals surface area contributed by atoms with E-state index in [1.54, 1.807) is 24.7 Å². The number of aryl methyl sites for hydroxylation is 1. The molecule has 0 saturated heterocycles. The summed E-state index contributed by atoms with van der Waals surface area (Å²) in [6.45, 7) is 8.56. The Hall–Kier alpha value is -1.89. The van der Waals surface area contributed by atoms with E-state index >= 15 is 0 Å². The van der Waals surface area contributed by atoms with Gasteiger partial charge in [0, 0.05) is 31.2 Å². The number of hydrogen-bond acceptors (Lipinski definition) is 4. The van der Waals surface area contributed by atoms with Crippen LogP contribution in [0.3, 0.4) is 0 Å². The SMILES string of the molecule is CCO[C@@H]1C[C@@](NC(=O)c2cnn(CC)c2)(C(=O)O)C1(C)C. The Morgan fingerprint density at radius 2 is 2.18 bits per heavy atom. The van der Waals surface area contributed by atoms with Crippen molar-refractivity contribution in [2.24, 2.45) is 5.41 Å². The van der Waals surface area contributed by atoms with Gasteiger partial charge in [0.05, 0.1) is 17.9 Å². The van der Waals surface area contributed by atoms with Gasteiger partial charge < -0.3 is 15.2 Å². The molecule has 7 nitrogen and oxygen atoms in total. The molecule has 1 aliphatic carbocycles. The lowest BCUT2D eigenvalue weighted by Crippen LogP contribution is -2.76. The molecule has 7 heteroatoms. The van der Waals surface area contributed by atoms with Crippen molar-refractivity contribution in [3.8, 4) is 0 Å². The number of aliphatic carboxylic acids is 1. The molecule has 1 fully saturated rings. The van der Waals surface area contributed by atoms with Crippen LogP contribution in [0.25, 0.3) is 0 Å². The van der Waals surface area contributed by atoms with Gasteiger partial charge in [-0.05, 0) is 13.8 Å². The Morgan fingerprint density at radius 1 is 1.50 bits per heavy atom. The van der Waals surface area contributed by atoms with Crippen LogP contribution in [0.1, 0.15) is 44.5 Å². The zero-order chi connectivity index (χ0) is 16.5. The number of ether oxygens (including phenoxy) is 1. The first-order valence-electron chi connectivity index (χ1n) is 7.48. The fraction of sp³-hybridized carbons (Fsp3) is 0.667. The molecule has 0 aromatic carbocycles. The first kappa shape index (κ1) is 16.5. The van der Waals surface area contributed by atoms with Crippen LogP contribution in [-0.4, -0.2) is 45.0 Å². The minimum absolute atomic E-state index is 0.188. The van der Waals surface area contributed by atoms with E-state index in [2.05, 4.69) is 10.4 Å². The Labute approximate surface area is 129 Å². The van der Waals surface area contributed by atoms with Gasteiger partial charge in [-0.25, -0.2) is 4.79 Å².